The van der Waals surface area contributed by atoms with E-state index in [9.17, 15) is 9.18 Å². The van der Waals surface area contributed by atoms with Gasteiger partial charge in [0.2, 0.25) is 5.91 Å². The first-order valence-corrected chi connectivity index (χ1v) is 11.1. The third-order valence-corrected chi connectivity index (χ3v) is 6.30. The van der Waals surface area contributed by atoms with E-state index in [-0.39, 0.29) is 11.7 Å². The molecule has 2 aromatic carbocycles. The number of rotatable bonds is 4. The van der Waals surface area contributed by atoms with Crippen molar-refractivity contribution < 1.29 is 9.18 Å². The Hall–Kier alpha value is -3.65. The van der Waals surface area contributed by atoms with E-state index >= 15 is 0 Å². The average Bonchev–Trinajstić information content (AvgIpc) is 3.28. The van der Waals surface area contributed by atoms with E-state index in [2.05, 4.69) is 19.2 Å². The zero-order valence-electron chi connectivity index (χ0n) is 17.2. The molecule has 5 rings (SSSR count). The van der Waals surface area contributed by atoms with Gasteiger partial charge in [0.25, 0.3) is 0 Å². The number of benzene rings is 2. The molecule has 1 aliphatic heterocycles. The van der Waals surface area contributed by atoms with Gasteiger partial charge in [-0.15, -0.1) is 0 Å². The Morgan fingerprint density at radius 1 is 0.969 bits per heavy atom. The maximum absolute atomic E-state index is 13.3. The van der Waals surface area contributed by atoms with Crippen molar-refractivity contribution in [2.45, 2.75) is 0 Å². The van der Waals surface area contributed by atoms with Crippen LogP contribution in [0.5, 0.6) is 0 Å². The van der Waals surface area contributed by atoms with Crippen LogP contribution >= 0.6 is 11.5 Å². The third-order valence-electron chi connectivity index (χ3n) is 5.46. The molecule has 160 valence electrons. The Morgan fingerprint density at radius 3 is 2.47 bits per heavy atom. The van der Waals surface area contributed by atoms with Crippen LogP contribution in [0, 0.1) is 5.82 Å². The van der Waals surface area contributed by atoms with E-state index < -0.39 is 0 Å². The highest BCUT2D eigenvalue weighted by molar-refractivity contribution is 7.14. The number of fused-ring (bicyclic) bond motifs is 1. The minimum absolute atomic E-state index is 0.0118. The number of nitrogens with zero attached hydrogens (tertiary/aromatic N) is 5. The van der Waals surface area contributed by atoms with E-state index in [1.807, 2.05) is 41.3 Å². The largest absolute Gasteiger partial charge is 0.352 e. The fourth-order valence-corrected chi connectivity index (χ4v) is 4.62. The quantitative estimate of drug-likeness (QED) is 0.440. The summed E-state index contributed by atoms with van der Waals surface area (Å²) in [5, 5.41) is 0. The molecule has 6 nitrogen and oxygen atoms in total. The van der Waals surface area contributed by atoms with Crippen LogP contribution in [0.25, 0.3) is 27.6 Å². The molecule has 0 radical (unpaired) electrons. The van der Waals surface area contributed by atoms with Crippen molar-refractivity contribution in [1.29, 1.82) is 0 Å². The molecule has 8 heteroatoms. The van der Waals surface area contributed by atoms with E-state index in [1.54, 1.807) is 24.5 Å². The first-order valence-electron chi connectivity index (χ1n) is 10.3. The zero-order chi connectivity index (χ0) is 21.9. The van der Waals surface area contributed by atoms with Gasteiger partial charge in [0.05, 0.1) is 0 Å². The molecule has 0 aliphatic carbocycles. The fourth-order valence-electron chi connectivity index (χ4n) is 3.75. The lowest BCUT2D eigenvalue weighted by atomic mass is 10.1. The Bertz CT molecular complexity index is 1260. The van der Waals surface area contributed by atoms with Gasteiger partial charge in [0.1, 0.15) is 28.1 Å². The Balaban J connectivity index is 1.30. The topological polar surface area (TPSA) is 62.2 Å². The number of hydrogen-bond acceptors (Lipinski definition) is 6. The first-order chi connectivity index (χ1) is 15.7. The molecule has 2 aromatic heterocycles. The predicted octanol–water partition coefficient (Wildman–Crippen LogP) is 4.25. The highest BCUT2D eigenvalue weighted by Crippen LogP contribution is 2.34. The van der Waals surface area contributed by atoms with Crippen LogP contribution < -0.4 is 4.90 Å². The number of amides is 1. The summed E-state index contributed by atoms with van der Waals surface area (Å²) >= 11 is 1.34. The first kappa shape index (κ1) is 20.3. The monoisotopic (exact) mass is 445 g/mol. The highest BCUT2D eigenvalue weighted by atomic mass is 32.1. The maximum atomic E-state index is 13.3. The second kappa shape index (κ2) is 8.84. The predicted molar refractivity (Wildman–Crippen MR) is 125 cm³/mol. The number of anilines is 1. The van der Waals surface area contributed by atoms with Crippen molar-refractivity contribution in [3.05, 3.63) is 78.4 Å². The lowest BCUT2D eigenvalue weighted by Crippen LogP contribution is -2.48. The van der Waals surface area contributed by atoms with Crippen LogP contribution in [-0.2, 0) is 4.79 Å². The van der Waals surface area contributed by atoms with Gasteiger partial charge in [-0.1, -0.05) is 30.3 Å². The smallest absolute Gasteiger partial charge is 0.246 e. The number of piperazine rings is 1. The number of halogens is 1. The van der Waals surface area contributed by atoms with Gasteiger partial charge in [0.15, 0.2) is 5.82 Å². The van der Waals surface area contributed by atoms with Crippen molar-refractivity contribution in [3.8, 4) is 11.3 Å². The summed E-state index contributed by atoms with van der Waals surface area (Å²) in [4.78, 5) is 25.5. The van der Waals surface area contributed by atoms with E-state index in [0.717, 1.165) is 32.9 Å². The molecular weight excluding hydrogens is 425 g/mol. The molecule has 0 atom stereocenters. The molecule has 0 unspecified atom stereocenters. The highest BCUT2D eigenvalue weighted by Gasteiger charge is 2.24. The van der Waals surface area contributed by atoms with Gasteiger partial charge >= 0.3 is 0 Å². The van der Waals surface area contributed by atoms with Gasteiger partial charge in [-0.3, -0.25) is 4.79 Å². The minimum Gasteiger partial charge on any atom is -0.352 e. The summed E-state index contributed by atoms with van der Waals surface area (Å²) in [5.41, 5.74) is 3.32. The van der Waals surface area contributed by atoms with Crippen LogP contribution in [-0.4, -0.2) is 51.3 Å². The molecule has 0 bridgehead atoms. The molecule has 1 saturated heterocycles. The maximum Gasteiger partial charge on any atom is 0.246 e. The SMILES string of the molecule is O=C(/C=C/c1ccccc1)N1CCN(c2ncnc3c(-c4ccc(F)cc4)nsc23)CC1. The zero-order valence-corrected chi connectivity index (χ0v) is 18.0. The second-order valence-electron chi connectivity index (χ2n) is 7.47. The molecule has 4 aromatic rings. The molecule has 0 spiro atoms. The van der Waals surface area contributed by atoms with Crippen LogP contribution in [0.1, 0.15) is 5.56 Å². The van der Waals surface area contributed by atoms with Crippen LogP contribution in [0.2, 0.25) is 0 Å². The van der Waals surface area contributed by atoms with Gasteiger partial charge in [-0.05, 0) is 47.4 Å². The van der Waals surface area contributed by atoms with Crippen molar-refractivity contribution in [2.75, 3.05) is 31.1 Å². The average molecular weight is 446 g/mol. The van der Waals surface area contributed by atoms with Crippen molar-refractivity contribution in [1.82, 2.24) is 19.2 Å². The lowest BCUT2D eigenvalue weighted by Gasteiger charge is -2.35. The van der Waals surface area contributed by atoms with E-state index in [4.69, 9.17) is 0 Å². The van der Waals surface area contributed by atoms with Gasteiger partial charge < -0.3 is 9.80 Å². The molecule has 0 N–H and O–H groups in total. The minimum atomic E-state index is -0.283. The second-order valence-corrected chi connectivity index (χ2v) is 8.24. The Labute approximate surface area is 188 Å². The standard InChI is InChI=1S/C24H20FN5OS/c25-19-9-7-18(8-10-19)21-22-23(32-28-21)24(27-16-26-22)30-14-12-29(13-15-30)20(31)11-6-17-4-2-1-3-5-17/h1-11,16H,12-15H2/b11-6+. The molecule has 0 saturated carbocycles. The van der Waals surface area contributed by atoms with Crippen molar-refractivity contribution >= 4 is 39.6 Å². The van der Waals surface area contributed by atoms with Crippen LogP contribution in [0.4, 0.5) is 10.2 Å². The van der Waals surface area contributed by atoms with E-state index in [0.29, 0.717) is 26.2 Å². The van der Waals surface area contributed by atoms with Crippen molar-refractivity contribution in [3.63, 3.8) is 0 Å². The summed E-state index contributed by atoms with van der Waals surface area (Å²) in [6.45, 7) is 2.60. The Morgan fingerprint density at radius 2 is 1.72 bits per heavy atom. The summed E-state index contributed by atoms with van der Waals surface area (Å²) in [6.07, 6.45) is 5.02. The number of carbonyl (C=O) groups is 1. The van der Waals surface area contributed by atoms with Gasteiger partial charge in [-0.2, -0.15) is 4.37 Å². The molecule has 32 heavy (non-hydrogen) atoms. The Kier molecular flexibility index (Phi) is 5.60. The molecule has 1 amide bonds. The van der Waals surface area contributed by atoms with Crippen LogP contribution in [0.15, 0.2) is 67.0 Å². The van der Waals surface area contributed by atoms with E-state index in [1.165, 1.54) is 23.7 Å². The molecule has 3 heterocycles. The van der Waals surface area contributed by atoms with Gasteiger partial charge in [0, 0.05) is 37.8 Å². The van der Waals surface area contributed by atoms with Crippen LogP contribution in [0.3, 0.4) is 0 Å². The lowest BCUT2D eigenvalue weighted by molar-refractivity contribution is -0.126. The number of aromatic nitrogens is 3. The fraction of sp³-hybridized carbons (Fsp3) is 0.167. The summed E-state index contributed by atoms with van der Waals surface area (Å²) in [6, 6.07) is 16.1. The molecule has 1 fully saturated rings. The number of hydrogen-bond donors (Lipinski definition) is 0. The third kappa shape index (κ3) is 4.09. The summed E-state index contributed by atoms with van der Waals surface area (Å²) in [7, 11) is 0. The molecular formula is C24H20FN5OS. The van der Waals surface area contributed by atoms with Gasteiger partial charge in [-0.25, -0.2) is 14.4 Å². The van der Waals surface area contributed by atoms with Crippen molar-refractivity contribution in [2.24, 2.45) is 0 Å². The number of carbonyl (C=O) groups excluding carboxylic acids is 1. The molecule has 1 aliphatic rings. The summed E-state index contributed by atoms with van der Waals surface area (Å²) < 4.78 is 18.8. The normalized spacial score (nSPS) is 14.4. The summed E-state index contributed by atoms with van der Waals surface area (Å²) in [5.74, 6) is 0.556.